The molecule has 1 aliphatic rings. The van der Waals surface area contributed by atoms with Crippen molar-refractivity contribution in [1.29, 1.82) is 5.26 Å². The van der Waals surface area contributed by atoms with E-state index in [1.807, 2.05) is 0 Å². The Hall–Kier alpha value is -2.22. The lowest BCUT2D eigenvalue weighted by molar-refractivity contribution is 0.0932. The van der Waals surface area contributed by atoms with Crippen LogP contribution in [0.3, 0.4) is 0 Å². The van der Waals surface area contributed by atoms with Crippen LogP contribution in [0.5, 0.6) is 11.5 Å². The van der Waals surface area contributed by atoms with Crippen molar-refractivity contribution >= 4 is 5.91 Å². The van der Waals surface area contributed by atoms with Gasteiger partial charge in [-0.2, -0.15) is 5.26 Å². The zero-order valence-electron chi connectivity index (χ0n) is 9.76. The zero-order chi connectivity index (χ0) is 13.1. The average molecular weight is 246 g/mol. The van der Waals surface area contributed by atoms with Gasteiger partial charge in [0.25, 0.3) is 5.91 Å². The van der Waals surface area contributed by atoms with Crippen molar-refractivity contribution in [3.8, 4) is 17.6 Å². The van der Waals surface area contributed by atoms with E-state index in [-0.39, 0.29) is 34.9 Å². The third-order valence-electron chi connectivity index (χ3n) is 3.16. The highest BCUT2D eigenvalue weighted by Gasteiger charge is 2.28. The highest BCUT2D eigenvalue weighted by Crippen LogP contribution is 2.26. The minimum Gasteiger partial charge on any atom is -0.508 e. The van der Waals surface area contributed by atoms with Crippen LogP contribution in [0.2, 0.25) is 0 Å². The minimum absolute atomic E-state index is 0.146. The number of phenols is 2. The highest BCUT2D eigenvalue weighted by atomic mass is 16.3. The lowest BCUT2D eigenvalue weighted by Gasteiger charge is -2.15. The van der Waals surface area contributed by atoms with Crippen LogP contribution in [-0.4, -0.2) is 22.2 Å². The summed E-state index contributed by atoms with van der Waals surface area (Å²) in [5.74, 6) is -0.861. The maximum atomic E-state index is 11.9. The van der Waals surface area contributed by atoms with Crippen molar-refractivity contribution in [2.75, 3.05) is 0 Å². The van der Waals surface area contributed by atoms with E-state index in [1.54, 1.807) is 0 Å². The molecular weight excluding hydrogens is 232 g/mol. The molecule has 2 rings (SSSR count). The zero-order valence-corrected chi connectivity index (χ0v) is 9.76. The van der Waals surface area contributed by atoms with E-state index in [0.29, 0.717) is 0 Å². The van der Waals surface area contributed by atoms with Gasteiger partial charge >= 0.3 is 0 Å². The number of phenolic OH excluding ortho intramolecular Hbond substituents is 2. The van der Waals surface area contributed by atoms with Gasteiger partial charge in [0.05, 0.1) is 12.0 Å². The number of carbonyl (C=O) groups excluding carboxylic acids is 1. The molecule has 1 amide bonds. The number of hydrogen-bond donors (Lipinski definition) is 3. The number of nitriles is 1. The summed E-state index contributed by atoms with van der Waals surface area (Å²) in [6.07, 6.45) is 2.51. The SMILES string of the molecule is N#CC1CCCC1NC(=O)c1cc(O)cc(O)c1. The van der Waals surface area contributed by atoms with Crippen molar-refractivity contribution < 1.29 is 15.0 Å². The Morgan fingerprint density at radius 1 is 1.28 bits per heavy atom. The first-order valence-electron chi connectivity index (χ1n) is 5.83. The summed E-state index contributed by atoms with van der Waals surface area (Å²) < 4.78 is 0. The summed E-state index contributed by atoms with van der Waals surface area (Å²) >= 11 is 0. The van der Waals surface area contributed by atoms with Crippen LogP contribution in [0, 0.1) is 17.2 Å². The number of hydrogen-bond acceptors (Lipinski definition) is 4. The van der Waals surface area contributed by atoms with Crippen molar-refractivity contribution in [2.24, 2.45) is 5.92 Å². The minimum atomic E-state index is -0.381. The molecule has 5 nitrogen and oxygen atoms in total. The van der Waals surface area contributed by atoms with Crippen molar-refractivity contribution in [1.82, 2.24) is 5.32 Å². The van der Waals surface area contributed by atoms with Gasteiger partial charge in [0.15, 0.2) is 0 Å². The standard InChI is InChI=1S/C13H14N2O3/c14-7-8-2-1-3-12(8)15-13(18)9-4-10(16)6-11(17)5-9/h4-6,8,12,16-17H,1-3H2,(H,15,18). The Bertz CT molecular complexity index is 487. The molecule has 2 unspecified atom stereocenters. The summed E-state index contributed by atoms with van der Waals surface area (Å²) in [4.78, 5) is 11.9. The van der Waals surface area contributed by atoms with Gasteiger partial charge in [0.1, 0.15) is 11.5 Å². The van der Waals surface area contributed by atoms with Crippen LogP contribution < -0.4 is 5.32 Å². The fraction of sp³-hybridized carbons (Fsp3) is 0.385. The quantitative estimate of drug-likeness (QED) is 0.737. The molecule has 0 aromatic heterocycles. The molecule has 0 saturated heterocycles. The first-order valence-corrected chi connectivity index (χ1v) is 5.83. The Balaban J connectivity index is 2.10. The summed E-state index contributed by atoms with van der Waals surface area (Å²) in [6, 6.07) is 5.76. The molecule has 0 bridgehead atoms. The Morgan fingerprint density at radius 2 is 1.94 bits per heavy atom. The molecule has 94 valence electrons. The molecule has 0 spiro atoms. The van der Waals surface area contributed by atoms with E-state index in [2.05, 4.69) is 11.4 Å². The van der Waals surface area contributed by atoms with Crippen molar-refractivity contribution in [3.05, 3.63) is 23.8 Å². The third kappa shape index (κ3) is 2.54. The van der Waals surface area contributed by atoms with Gasteiger partial charge in [0, 0.05) is 17.7 Å². The average Bonchev–Trinajstić information content (AvgIpc) is 2.75. The molecule has 0 radical (unpaired) electrons. The number of nitrogens with zero attached hydrogens (tertiary/aromatic N) is 1. The van der Waals surface area contributed by atoms with E-state index in [0.717, 1.165) is 25.3 Å². The van der Waals surface area contributed by atoms with Crippen LogP contribution in [0.15, 0.2) is 18.2 Å². The smallest absolute Gasteiger partial charge is 0.251 e. The molecular formula is C13H14N2O3. The molecule has 0 heterocycles. The monoisotopic (exact) mass is 246 g/mol. The van der Waals surface area contributed by atoms with E-state index >= 15 is 0 Å². The molecule has 1 saturated carbocycles. The molecule has 18 heavy (non-hydrogen) atoms. The van der Waals surface area contributed by atoms with Gasteiger partial charge in [-0.3, -0.25) is 4.79 Å². The van der Waals surface area contributed by atoms with Crippen LogP contribution in [-0.2, 0) is 0 Å². The molecule has 1 aromatic carbocycles. The predicted molar refractivity (Wildman–Crippen MR) is 64.0 cm³/mol. The number of rotatable bonds is 2. The fourth-order valence-electron chi connectivity index (χ4n) is 2.27. The van der Waals surface area contributed by atoms with Gasteiger partial charge in [-0.05, 0) is 31.4 Å². The van der Waals surface area contributed by atoms with Crippen molar-refractivity contribution in [3.63, 3.8) is 0 Å². The Kier molecular flexibility index (Phi) is 3.38. The molecule has 5 heteroatoms. The number of carbonyl (C=O) groups is 1. The van der Waals surface area contributed by atoms with Gasteiger partial charge in [-0.1, -0.05) is 0 Å². The topological polar surface area (TPSA) is 93.4 Å². The van der Waals surface area contributed by atoms with Gasteiger partial charge in [0.2, 0.25) is 0 Å². The van der Waals surface area contributed by atoms with Crippen LogP contribution in [0.4, 0.5) is 0 Å². The van der Waals surface area contributed by atoms with Gasteiger partial charge in [-0.15, -0.1) is 0 Å². The van der Waals surface area contributed by atoms with Gasteiger partial charge < -0.3 is 15.5 Å². The number of nitrogens with one attached hydrogen (secondary N) is 1. The largest absolute Gasteiger partial charge is 0.508 e. The first kappa shape index (κ1) is 12.2. The second-order valence-corrected chi connectivity index (χ2v) is 4.48. The number of aromatic hydroxyl groups is 2. The van der Waals surface area contributed by atoms with Crippen LogP contribution in [0.25, 0.3) is 0 Å². The third-order valence-corrected chi connectivity index (χ3v) is 3.16. The number of benzene rings is 1. The highest BCUT2D eigenvalue weighted by molar-refractivity contribution is 5.95. The second kappa shape index (κ2) is 4.96. The summed E-state index contributed by atoms with van der Waals surface area (Å²) in [6.45, 7) is 0. The molecule has 0 aliphatic heterocycles. The summed E-state index contributed by atoms with van der Waals surface area (Å²) in [5, 5.41) is 30.3. The molecule has 1 aromatic rings. The lowest BCUT2D eigenvalue weighted by atomic mass is 10.1. The maximum absolute atomic E-state index is 11.9. The normalized spacial score (nSPS) is 22.4. The molecule has 1 fully saturated rings. The predicted octanol–water partition coefficient (Wildman–Crippen LogP) is 1.52. The van der Waals surface area contributed by atoms with E-state index in [4.69, 9.17) is 5.26 Å². The second-order valence-electron chi connectivity index (χ2n) is 4.48. The number of amides is 1. The maximum Gasteiger partial charge on any atom is 0.251 e. The van der Waals surface area contributed by atoms with E-state index in [9.17, 15) is 15.0 Å². The molecule has 1 aliphatic carbocycles. The Morgan fingerprint density at radius 3 is 2.56 bits per heavy atom. The van der Waals surface area contributed by atoms with E-state index in [1.165, 1.54) is 12.1 Å². The van der Waals surface area contributed by atoms with Crippen LogP contribution in [0.1, 0.15) is 29.6 Å². The summed E-state index contributed by atoms with van der Waals surface area (Å²) in [5.41, 5.74) is 0.191. The Labute approximate surface area is 105 Å². The first-order chi connectivity index (χ1) is 8.60. The summed E-state index contributed by atoms with van der Waals surface area (Å²) in [7, 11) is 0. The van der Waals surface area contributed by atoms with Gasteiger partial charge in [-0.25, -0.2) is 0 Å². The van der Waals surface area contributed by atoms with E-state index < -0.39 is 0 Å². The lowest BCUT2D eigenvalue weighted by Crippen LogP contribution is -2.36. The fourth-order valence-corrected chi connectivity index (χ4v) is 2.27. The molecule has 2 atom stereocenters. The van der Waals surface area contributed by atoms with Crippen molar-refractivity contribution in [2.45, 2.75) is 25.3 Å². The molecule has 3 N–H and O–H groups in total. The van der Waals surface area contributed by atoms with Crippen LogP contribution >= 0.6 is 0 Å².